The lowest BCUT2D eigenvalue weighted by molar-refractivity contribution is 0.319. The Hall–Kier alpha value is -1.09. The van der Waals surface area contributed by atoms with Gasteiger partial charge in [-0.2, -0.15) is 0 Å². The first-order valence-electron chi connectivity index (χ1n) is 6.57. The summed E-state index contributed by atoms with van der Waals surface area (Å²) in [4.78, 5) is 0. The van der Waals surface area contributed by atoms with Crippen LogP contribution in [0.5, 0.6) is 17.2 Å². The van der Waals surface area contributed by atoms with E-state index in [4.69, 9.17) is 25.8 Å². The molecule has 0 heterocycles. The van der Waals surface area contributed by atoms with Gasteiger partial charge in [-0.05, 0) is 18.1 Å². The Morgan fingerprint density at radius 1 is 0.947 bits per heavy atom. The minimum atomic E-state index is -0.0928. The summed E-state index contributed by atoms with van der Waals surface area (Å²) in [5.74, 6) is 2.32. The van der Waals surface area contributed by atoms with Crippen LogP contribution < -0.4 is 14.2 Å². The summed E-state index contributed by atoms with van der Waals surface area (Å²) >= 11 is 6.60. The zero-order chi connectivity index (χ0) is 14.4. The Labute approximate surface area is 120 Å². The Kier molecular flexibility index (Phi) is 6.29. The van der Waals surface area contributed by atoms with Gasteiger partial charge in [0.05, 0.1) is 26.7 Å². The van der Waals surface area contributed by atoms with Crippen LogP contribution in [-0.4, -0.2) is 21.3 Å². The zero-order valence-electron chi connectivity index (χ0n) is 12.3. The highest BCUT2D eigenvalue weighted by Gasteiger charge is 2.25. The van der Waals surface area contributed by atoms with Crippen molar-refractivity contribution in [3.05, 3.63) is 17.7 Å². The van der Waals surface area contributed by atoms with E-state index in [0.29, 0.717) is 23.2 Å². The smallest absolute Gasteiger partial charge is 0.203 e. The maximum atomic E-state index is 6.60. The van der Waals surface area contributed by atoms with Gasteiger partial charge in [-0.25, -0.2) is 0 Å². The van der Waals surface area contributed by atoms with E-state index < -0.39 is 0 Å². The number of ether oxygens (including phenoxy) is 3. The van der Waals surface area contributed by atoms with Gasteiger partial charge < -0.3 is 14.2 Å². The molecule has 0 aliphatic heterocycles. The molecular formula is C15H23ClO3. The van der Waals surface area contributed by atoms with Gasteiger partial charge in [0.1, 0.15) is 0 Å². The number of halogens is 1. The Bertz CT molecular complexity index is 403. The van der Waals surface area contributed by atoms with Crippen LogP contribution >= 0.6 is 11.6 Å². The van der Waals surface area contributed by atoms with E-state index in [9.17, 15) is 0 Å². The summed E-state index contributed by atoms with van der Waals surface area (Å²) in [6.07, 6.45) is 2.06. The third kappa shape index (κ3) is 3.27. The molecule has 0 spiro atoms. The molecule has 0 saturated carbocycles. The molecule has 0 N–H and O–H groups in total. The highest BCUT2D eigenvalue weighted by molar-refractivity contribution is 6.21. The molecule has 4 heteroatoms. The van der Waals surface area contributed by atoms with Crippen LogP contribution in [-0.2, 0) is 0 Å². The summed E-state index contributed by atoms with van der Waals surface area (Å²) in [5, 5.41) is -0.0928. The molecule has 1 atom stereocenters. The SMILES string of the molecule is CCC(CC)C(Cl)c1ccc(OC)c(OC)c1OC. The Morgan fingerprint density at radius 2 is 1.53 bits per heavy atom. The molecular weight excluding hydrogens is 264 g/mol. The maximum Gasteiger partial charge on any atom is 0.203 e. The second-order valence-corrected chi connectivity index (χ2v) is 4.87. The fourth-order valence-electron chi connectivity index (χ4n) is 2.30. The van der Waals surface area contributed by atoms with E-state index in [0.717, 1.165) is 18.4 Å². The normalized spacial score (nSPS) is 12.4. The minimum absolute atomic E-state index is 0.0928. The summed E-state index contributed by atoms with van der Waals surface area (Å²) in [5.41, 5.74) is 0.954. The Morgan fingerprint density at radius 3 is 1.95 bits per heavy atom. The van der Waals surface area contributed by atoms with Crippen molar-refractivity contribution in [1.29, 1.82) is 0 Å². The second-order valence-electron chi connectivity index (χ2n) is 4.40. The maximum absolute atomic E-state index is 6.60. The molecule has 1 aromatic rings. The number of methoxy groups -OCH3 is 3. The number of alkyl halides is 1. The molecule has 0 amide bonds. The molecule has 0 radical (unpaired) electrons. The van der Waals surface area contributed by atoms with E-state index in [2.05, 4.69) is 13.8 Å². The highest BCUT2D eigenvalue weighted by Crippen LogP contribution is 2.46. The Balaban J connectivity index is 3.27. The van der Waals surface area contributed by atoms with E-state index in [1.54, 1.807) is 21.3 Å². The van der Waals surface area contributed by atoms with Crippen LogP contribution in [0.2, 0.25) is 0 Å². The predicted molar refractivity (Wildman–Crippen MR) is 78.8 cm³/mol. The van der Waals surface area contributed by atoms with Gasteiger partial charge in [0.2, 0.25) is 5.75 Å². The largest absolute Gasteiger partial charge is 0.493 e. The van der Waals surface area contributed by atoms with Crippen LogP contribution in [0, 0.1) is 5.92 Å². The summed E-state index contributed by atoms with van der Waals surface area (Å²) in [6, 6.07) is 3.82. The van der Waals surface area contributed by atoms with Crippen molar-refractivity contribution in [3.8, 4) is 17.2 Å². The molecule has 0 saturated heterocycles. The molecule has 0 fully saturated rings. The molecule has 0 aliphatic rings. The van der Waals surface area contributed by atoms with Crippen molar-refractivity contribution in [2.75, 3.05) is 21.3 Å². The third-order valence-corrected chi connectivity index (χ3v) is 4.09. The lowest BCUT2D eigenvalue weighted by Gasteiger charge is -2.23. The predicted octanol–water partition coefficient (Wildman–Crippen LogP) is 4.43. The zero-order valence-corrected chi connectivity index (χ0v) is 13.1. The third-order valence-electron chi connectivity index (χ3n) is 3.49. The van der Waals surface area contributed by atoms with Crippen molar-refractivity contribution < 1.29 is 14.2 Å². The van der Waals surface area contributed by atoms with E-state index >= 15 is 0 Å². The lowest BCUT2D eigenvalue weighted by atomic mass is 9.93. The molecule has 3 nitrogen and oxygen atoms in total. The van der Waals surface area contributed by atoms with Crippen molar-refractivity contribution in [2.24, 2.45) is 5.92 Å². The number of benzene rings is 1. The first-order valence-corrected chi connectivity index (χ1v) is 7.01. The van der Waals surface area contributed by atoms with Crippen molar-refractivity contribution >= 4 is 11.6 Å². The molecule has 1 unspecified atom stereocenters. The van der Waals surface area contributed by atoms with Crippen LogP contribution in [0.3, 0.4) is 0 Å². The fourth-order valence-corrected chi connectivity index (χ4v) is 2.83. The molecule has 108 valence electrons. The molecule has 0 bridgehead atoms. The van der Waals surface area contributed by atoms with Gasteiger partial charge in [-0.15, -0.1) is 11.6 Å². The molecule has 1 aromatic carbocycles. The van der Waals surface area contributed by atoms with Crippen LogP contribution in [0.1, 0.15) is 37.6 Å². The average Bonchev–Trinajstić information content (AvgIpc) is 2.46. The number of rotatable bonds is 7. The number of hydrogen-bond acceptors (Lipinski definition) is 3. The summed E-state index contributed by atoms with van der Waals surface area (Å²) in [6.45, 7) is 4.30. The fraction of sp³-hybridized carbons (Fsp3) is 0.600. The second kappa shape index (κ2) is 7.49. The highest BCUT2D eigenvalue weighted by atomic mass is 35.5. The van der Waals surface area contributed by atoms with E-state index in [1.165, 1.54) is 0 Å². The minimum Gasteiger partial charge on any atom is -0.493 e. The van der Waals surface area contributed by atoms with Crippen molar-refractivity contribution in [3.63, 3.8) is 0 Å². The summed E-state index contributed by atoms with van der Waals surface area (Å²) < 4.78 is 16.1. The van der Waals surface area contributed by atoms with Gasteiger partial charge >= 0.3 is 0 Å². The first kappa shape index (κ1) is 16.0. The summed E-state index contributed by atoms with van der Waals surface area (Å²) in [7, 11) is 4.83. The van der Waals surface area contributed by atoms with Gasteiger partial charge in [0.15, 0.2) is 11.5 Å². The monoisotopic (exact) mass is 286 g/mol. The van der Waals surface area contributed by atoms with E-state index in [-0.39, 0.29) is 5.38 Å². The first-order chi connectivity index (χ1) is 9.14. The molecule has 19 heavy (non-hydrogen) atoms. The van der Waals surface area contributed by atoms with Gasteiger partial charge in [0, 0.05) is 5.56 Å². The molecule has 0 aromatic heterocycles. The molecule has 0 aliphatic carbocycles. The lowest BCUT2D eigenvalue weighted by Crippen LogP contribution is -2.08. The van der Waals surface area contributed by atoms with Crippen LogP contribution in [0.25, 0.3) is 0 Å². The van der Waals surface area contributed by atoms with Crippen LogP contribution in [0.15, 0.2) is 12.1 Å². The van der Waals surface area contributed by atoms with Gasteiger partial charge in [-0.1, -0.05) is 26.7 Å². The quantitative estimate of drug-likeness (QED) is 0.694. The van der Waals surface area contributed by atoms with Crippen molar-refractivity contribution in [1.82, 2.24) is 0 Å². The van der Waals surface area contributed by atoms with Gasteiger partial charge in [-0.3, -0.25) is 0 Å². The van der Waals surface area contributed by atoms with Crippen molar-refractivity contribution in [2.45, 2.75) is 32.1 Å². The average molecular weight is 287 g/mol. The topological polar surface area (TPSA) is 27.7 Å². The van der Waals surface area contributed by atoms with Gasteiger partial charge in [0.25, 0.3) is 0 Å². The number of hydrogen-bond donors (Lipinski definition) is 0. The van der Waals surface area contributed by atoms with E-state index in [1.807, 2.05) is 12.1 Å². The van der Waals surface area contributed by atoms with Crippen LogP contribution in [0.4, 0.5) is 0 Å². The standard InChI is InChI=1S/C15H23ClO3/c1-6-10(7-2)13(16)11-8-9-12(17-3)15(19-5)14(11)18-4/h8-10,13H,6-7H2,1-5H3. The molecule has 1 rings (SSSR count).